The fourth-order valence-corrected chi connectivity index (χ4v) is 3.22. The predicted molar refractivity (Wildman–Crippen MR) is 88.3 cm³/mol. The highest BCUT2D eigenvalue weighted by Crippen LogP contribution is 2.45. The smallest absolute Gasteiger partial charge is 0.309 e. The van der Waals surface area contributed by atoms with E-state index in [1.165, 1.54) is 0 Å². The molecule has 0 saturated heterocycles. The van der Waals surface area contributed by atoms with Crippen LogP contribution in [0.1, 0.15) is 84.5 Å². The van der Waals surface area contributed by atoms with Crippen LogP contribution in [0.5, 0.6) is 0 Å². The van der Waals surface area contributed by atoms with Crippen LogP contribution >= 0.6 is 0 Å². The molecular formula is C18H32O5. The van der Waals surface area contributed by atoms with Crippen LogP contribution in [0, 0.1) is 10.8 Å². The molecule has 0 heterocycles. The summed E-state index contributed by atoms with van der Waals surface area (Å²) in [5.74, 6) is -1.44. The van der Waals surface area contributed by atoms with Crippen molar-refractivity contribution >= 4 is 11.9 Å². The predicted octanol–water partition coefficient (Wildman–Crippen LogP) is 3.83. The van der Waals surface area contributed by atoms with Gasteiger partial charge in [0.25, 0.3) is 0 Å². The number of rotatable bonds is 12. The first-order valence-corrected chi connectivity index (χ1v) is 8.84. The minimum Gasteiger partial charge on any atom is -0.481 e. The number of carboxylic acids is 2. The van der Waals surface area contributed by atoms with E-state index >= 15 is 0 Å². The van der Waals surface area contributed by atoms with Crippen LogP contribution in [0.3, 0.4) is 0 Å². The van der Waals surface area contributed by atoms with Crippen molar-refractivity contribution in [3.63, 3.8) is 0 Å². The molecular weight excluding hydrogens is 296 g/mol. The van der Waals surface area contributed by atoms with Gasteiger partial charge in [-0.1, -0.05) is 32.1 Å². The first kappa shape index (κ1) is 19.9. The van der Waals surface area contributed by atoms with E-state index < -0.39 is 22.8 Å². The van der Waals surface area contributed by atoms with Crippen molar-refractivity contribution in [1.29, 1.82) is 0 Å². The first-order chi connectivity index (χ1) is 10.7. The molecule has 1 atom stereocenters. The Kier molecular flexibility index (Phi) is 7.52. The van der Waals surface area contributed by atoms with Crippen molar-refractivity contribution in [3.8, 4) is 0 Å². The lowest BCUT2D eigenvalue weighted by Crippen LogP contribution is -2.37. The van der Waals surface area contributed by atoms with Gasteiger partial charge in [-0.05, 0) is 52.4 Å². The molecule has 3 N–H and O–H groups in total. The molecule has 1 unspecified atom stereocenters. The van der Waals surface area contributed by atoms with E-state index in [-0.39, 0.29) is 6.10 Å². The Bertz CT molecular complexity index is 398. The van der Waals surface area contributed by atoms with Gasteiger partial charge in [0.15, 0.2) is 0 Å². The number of unbranched alkanes of at least 4 members (excludes halogenated alkanes) is 2. The van der Waals surface area contributed by atoms with Gasteiger partial charge in [-0.3, -0.25) is 9.59 Å². The van der Waals surface area contributed by atoms with Crippen molar-refractivity contribution in [3.05, 3.63) is 0 Å². The molecule has 0 amide bonds. The van der Waals surface area contributed by atoms with Gasteiger partial charge in [-0.15, -0.1) is 0 Å². The lowest BCUT2D eigenvalue weighted by molar-refractivity contribution is -0.155. The molecule has 134 valence electrons. The maximum absolute atomic E-state index is 11.2. The number of carbonyl (C=O) groups is 2. The average molecular weight is 328 g/mol. The molecule has 1 saturated carbocycles. The number of hydrogen-bond acceptors (Lipinski definition) is 3. The minimum absolute atomic E-state index is 0.356. The van der Waals surface area contributed by atoms with Crippen LogP contribution in [0.2, 0.25) is 0 Å². The number of aliphatic hydroxyl groups excluding tert-OH is 1. The Morgan fingerprint density at radius 3 is 2.04 bits per heavy atom. The molecule has 0 bridgehead atoms. The van der Waals surface area contributed by atoms with E-state index in [0.29, 0.717) is 19.3 Å². The molecule has 5 heteroatoms. The SMILES string of the molecule is CC(C)(CCCCC(O)CCCCC1(C(=O)O)CCC1)C(=O)O. The van der Waals surface area contributed by atoms with Crippen molar-refractivity contribution < 1.29 is 24.9 Å². The summed E-state index contributed by atoms with van der Waals surface area (Å²) in [6.07, 6.45) is 8.35. The highest BCUT2D eigenvalue weighted by atomic mass is 16.4. The third-order valence-electron chi connectivity index (χ3n) is 5.38. The Morgan fingerprint density at radius 1 is 1.04 bits per heavy atom. The van der Waals surface area contributed by atoms with Gasteiger partial charge in [0, 0.05) is 0 Å². The topological polar surface area (TPSA) is 94.8 Å². The summed E-state index contributed by atoms with van der Waals surface area (Å²) >= 11 is 0. The van der Waals surface area contributed by atoms with Gasteiger partial charge in [-0.2, -0.15) is 0 Å². The fourth-order valence-electron chi connectivity index (χ4n) is 3.22. The Balaban J connectivity index is 2.08. The summed E-state index contributed by atoms with van der Waals surface area (Å²) in [7, 11) is 0. The Labute approximate surface area is 139 Å². The standard InChI is InChI=1S/C18H32O5/c1-17(2,15(20)21)10-5-3-8-14(19)9-4-6-11-18(16(22)23)12-7-13-18/h14,19H,3-13H2,1-2H3,(H,20,21)(H,22,23). The van der Waals surface area contributed by atoms with Gasteiger partial charge < -0.3 is 15.3 Å². The zero-order valence-electron chi connectivity index (χ0n) is 14.5. The highest BCUT2D eigenvalue weighted by molar-refractivity contribution is 5.75. The van der Waals surface area contributed by atoms with Crippen molar-refractivity contribution in [2.75, 3.05) is 0 Å². The Morgan fingerprint density at radius 2 is 1.61 bits per heavy atom. The molecule has 0 aromatic carbocycles. The fraction of sp³-hybridized carbons (Fsp3) is 0.889. The van der Waals surface area contributed by atoms with E-state index in [1.807, 2.05) is 0 Å². The molecule has 5 nitrogen and oxygen atoms in total. The molecule has 0 radical (unpaired) electrons. The van der Waals surface area contributed by atoms with E-state index in [9.17, 15) is 19.8 Å². The van der Waals surface area contributed by atoms with Gasteiger partial charge in [-0.25, -0.2) is 0 Å². The summed E-state index contributed by atoms with van der Waals surface area (Å²) in [5.41, 5.74) is -1.17. The maximum atomic E-state index is 11.2. The van der Waals surface area contributed by atoms with Crippen molar-refractivity contribution in [2.24, 2.45) is 10.8 Å². The van der Waals surface area contributed by atoms with E-state index in [2.05, 4.69) is 0 Å². The molecule has 0 aliphatic heterocycles. The summed E-state index contributed by atoms with van der Waals surface area (Å²) < 4.78 is 0. The molecule has 0 spiro atoms. The molecule has 1 aliphatic carbocycles. The van der Waals surface area contributed by atoms with E-state index in [1.54, 1.807) is 13.8 Å². The van der Waals surface area contributed by atoms with Crippen molar-refractivity contribution in [1.82, 2.24) is 0 Å². The van der Waals surface area contributed by atoms with Crippen LogP contribution in [0.4, 0.5) is 0 Å². The Hall–Kier alpha value is -1.10. The lowest BCUT2D eigenvalue weighted by Gasteiger charge is -2.37. The monoisotopic (exact) mass is 328 g/mol. The summed E-state index contributed by atoms with van der Waals surface area (Å²) in [6.45, 7) is 3.45. The highest BCUT2D eigenvalue weighted by Gasteiger charge is 2.43. The van der Waals surface area contributed by atoms with E-state index in [0.717, 1.165) is 51.4 Å². The molecule has 1 fully saturated rings. The average Bonchev–Trinajstić information content (AvgIpc) is 2.41. The van der Waals surface area contributed by atoms with Gasteiger partial charge in [0.2, 0.25) is 0 Å². The molecule has 1 rings (SSSR count). The zero-order chi connectivity index (χ0) is 17.5. The second kappa shape index (κ2) is 8.67. The molecule has 1 aliphatic rings. The second-order valence-corrected chi connectivity index (χ2v) is 7.77. The van der Waals surface area contributed by atoms with E-state index in [4.69, 9.17) is 5.11 Å². The zero-order valence-corrected chi connectivity index (χ0v) is 14.5. The number of hydrogen-bond donors (Lipinski definition) is 3. The molecule has 0 aromatic heterocycles. The van der Waals surface area contributed by atoms with Crippen LogP contribution in [0.15, 0.2) is 0 Å². The minimum atomic E-state index is -0.776. The van der Waals surface area contributed by atoms with Crippen LogP contribution in [-0.2, 0) is 9.59 Å². The van der Waals surface area contributed by atoms with Gasteiger partial charge in [0.05, 0.1) is 16.9 Å². The largest absolute Gasteiger partial charge is 0.481 e. The normalized spacial score (nSPS) is 18.2. The first-order valence-electron chi connectivity index (χ1n) is 8.84. The van der Waals surface area contributed by atoms with Crippen LogP contribution < -0.4 is 0 Å². The quantitative estimate of drug-likeness (QED) is 0.473. The molecule has 0 aromatic rings. The number of carboxylic acid groups (broad SMARTS) is 2. The molecule has 23 heavy (non-hydrogen) atoms. The van der Waals surface area contributed by atoms with Gasteiger partial charge in [0.1, 0.15) is 0 Å². The lowest BCUT2D eigenvalue weighted by atomic mass is 9.66. The van der Waals surface area contributed by atoms with Crippen molar-refractivity contribution in [2.45, 2.75) is 90.6 Å². The van der Waals surface area contributed by atoms with Crippen LogP contribution in [0.25, 0.3) is 0 Å². The maximum Gasteiger partial charge on any atom is 0.309 e. The van der Waals surface area contributed by atoms with Crippen LogP contribution in [-0.4, -0.2) is 33.4 Å². The second-order valence-electron chi connectivity index (χ2n) is 7.77. The summed E-state index contributed by atoms with van der Waals surface area (Å²) in [6, 6.07) is 0. The summed E-state index contributed by atoms with van der Waals surface area (Å²) in [5, 5.41) is 28.2. The summed E-state index contributed by atoms with van der Waals surface area (Å²) in [4.78, 5) is 22.2. The third-order valence-corrected chi connectivity index (χ3v) is 5.38. The number of aliphatic carboxylic acids is 2. The third kappa shape index (κ3) is 6.13. The number of aliphatic hydroxyl groups is 1. The van der Waals surface area contributed by atoms with Gasteiger partial charge >= 0.3 is 11.9 Å².